The van der Waals surface area contributed by atoms with E-state index in [1.165, 1.54) is 0 Å². The Balaban J connectivity index is 2.32. The maximum absolute atomic E-state index is 6.20. The standard InChI is InChI=1S/C14H8Cl2N2/c15-9-5-1-3-7-11(9)17-14-8-4-2-6-10(16)12(8)18-13(7)14/h1-6,17-18H. The zero-order chi connectivity index (χ0) is 12.3. The summed E-state index contributed by atoms with van der Waals surface area (Å²) in [5, 5.41) is 3.63. The van der Waals surface area contributed by atoms with Crippen LogP contribution in [0.5, 0.6) is 0 Å². The van der Waals surface area contributed by atoms with E-state index < -0.39 is 0 Å². The van der Waals surface area contributed by atoms with Crippen molar-refractivity contribution in [1.29, 1.82) is 0 Å². The predicted octanol–water partition coefficient (Wildman–Crippen LogP) is 5.11. The second-order valence-corrected chi connectivity index (χ2v) is 5.14. The first-order valence-corrected chi connectivity index (χ1v) is 6.37. The Morgan fingerprint density at radius 3 is 1.50 bits per heavy atom. The summed E-state index contributed by atoms with van der Waals surface area (Å²) in [5.74, 6) is 0. The molecule has 4 rings (SSSR count). The molecule has 0 spiro atoms. The lowest BCUT2D eigenvalue weighted by atomic mass is 10.2. The Morgan fingerprint density at radius 2 is 1.06 bits per heavy atom. The summed E-state index contributed by atoms with van der Waals surface area (Å²) in [6.07, 6.45) is 0. The fourth-order valence-corrected chi connectivity index (χ4v) is 2.94. The molecule has 2 heterocycles. The number of para-hydroxylation sites is 2. The SMILES string of the molecule is Clc1cccc2c1[nH]c1c3cccc(Cl)c3[nH]c21. The van der Waals surface area contributed by atoms with E-state index in [0.29, 0.717) is 0 Å². The number of H-pyrrole nitrogens is 2. The minimum atomic E-state index is 0.729. The first kappa shape index (κ1) is 10.3. The first-order chi connectivity index (χ1) is 8.75. The molecule has 2 nitrogen and oxygen atoms in total. The molecular weight excluding hydrogens is 267 g/mol. The van der Waals surface area contributed by atoms with Crippen LogP contribution in [0.4, 0.5) is 0 Å². The highest BCUT2D eigenvalue weighted by atomic mass is 35.5. The summed E-state index contributed by atoms with van der Waals surface area (Å²) < 4.78 is 0. The van der Waals surface area contributed by atoms with E-state index in [4.69, 9.17) is 23.2 Å². The zero-order valence-corrected chi connectivity index (χ0v) is 10.7. The maximum atomic E-state index is 6.20. The predicted molar refractivity (Wildman–Crippen MR) is 77.7 cm³/mol. The second-order valence-electron chi connectivity index (χ2n) is 4.32. The summed E-state index contributed by atoms with van der Waals surface area (Å²) >= 11 is 12.4. The third-order valence-electron chi connectivity index (χ3n) is 3.32. The zero-order valence-electron chi connectivity index (χ0n) is 9.22. The van der Waals surface area contributed by atoms with Crippen molar-refractivity contribution in [3.05, 3.63) is 46.4 Å². The molecular formula is C14H8Cl2N2. The van der Waals surface area contributed by atoms with Gasteiger partial charge < -0.3 is 9.97 Å². The van der Waals surface area contributed by atoms with E-state index in [9.17, 15) is 0 Å². The maximum Gasteiger partial charge on any atom is 0.0726 e. The Labute approximate surface area is 113 Å². The largest absolute Gasteiger partial charge is 0.351 e. The van der Waals surface area contributed by atoms with Crippen LogP contribution in [-0.4, -0.2) is 9.97 Å². The minimum Gasteiger partial charge on any atom is -0.351 e. The molecule has 0 saturated heterocycles. The van der Waals surface area contributed by atoms with Crippen LogP contribution in [0.1, 0.15) is 0 Å². The number of hydrogen-bond acceptors (Lipinski definition) is 0. The van der Waals surface area contributed by atoms with Crippen molar-refractivity contribution in [2.75, 3.05) is 0 Å². The molecule has 88 valence electrons. The van der Waals surface area contributed by atoms with E-state index in [1.54, 1.807) is 0 Å². The van der Waals surface area contributed by atoms with Crippen molar-refractivity contribution in [1.82, 2.24) is 9.97 Å². The van der Waals surface area contributed by atoms with E-state index in [0.717, 1.165) is 42.9 Å². The fraction of sp³-hybridized carbons (Fsp3) is 0. The number of rotatable bonds is 0. The van der Waals surface area contributed by atoms with Crippen molar-refractivity contribution >= 4 is 56.0 Å². The van der Waals surface area contributed by atoms with E-state index >= 15 is 0 Å². The molecule has 0 fully saturated rings. The topological polar surface area (TPSA) is 31.6 Å². The van der Waals surface area contributed by atoms with E-state index in [1.807, 2.05) is 36.4 Å². The average Bonchev–Trinajstić information content (AvgIpc) is 2.88. The van der Waals surface area contributed by atoms with Crippen LogP contribution in [0.25, 0.3) is 32.8 Å². The molecule has 0 unspecified atom stereocenters. The van der Waals surface area contributed by atoms with Gasteiger partial charge in [0.25, 0.3) is 0 Å². The monoisotopic (exact) mass is 274 g/mol. The first-order valence-electron chi connectivity index (χ1n) is 5.62. The number of halogens is 2. The Kier molecular flexibility index (Phi) is 1.97. The van der Waals surface area contributed by atoms with E-state index in [2.05, 4.69) is 9.97 Å². The van der Waals surface area contributed by atoms with Crippen molar-refractivity contribution in [2.24, 2.45) is 0 Å². The van der Waals surface area contributed by atoms with Crippen LogP contribution in [0.2, 0.25) is 10.0 Å². The van der Waals surface area contributed by atoms with Gasteiger partial charge in [0.15, 0.2) is 0 Å². The van der Waals surface area contributed by atoms with Crippen LogP contribution in [-0.2, 0) is 0 Å². The summed E-state index contributed by atoms with van der Waals surface area (Å²) in [7, 11) is 0. The molecule has 2 N–H and O–H groups in total. The molecule has 0 bridgehead atoms. The van der Waals surface area contributed by atoms with Crippen LogP contribution < -0.4 is 0 Å². The number of hydrogen-bond donors (Lipinski definition) is 2. The molecule has 0 radical (unpaired) electrons. The van der Waals surface area contributed by atoms with Crippen molar-refractivity contribution in [3.8, 4) is 0 Å². The number of benzene rings is 2. The third-order valence-corrected chi connectivity index (χ3v) is 3.95. The molecule has 2 aromatic carbocycles. The summed E-state index contributed by atoms with van der Waals surface area (Å²) in [4.78, 5) is 6.75. The lowest BCUT2D eigenvalue weighted by molar-refractivity contribution is 1.57. The highest BCUT2D eigenvalue weighted by Crippen LogP contribution is 2.35. The van der Waals surface area contributed by atoms with Gasteiger partial charge in [-0.2, -0.15) is 0 Å². The summed E-state index contributed by atoms with van der Waals surface area (Å²) in [5.41, 5.74) is 4.02. The molecule has 4 aromatic rings. The average molecular weight is 275 g/mol. The van der Waals surface area contributed by atoms with Gasteiger partial charge >= 0.3 is 0 Å². The quantitative estimate of drug-likeness (QED) is 0.447. The van der Waals surface area contributed by atoms with Crippen LogP contribution in [0.3, 0.4) is 0 Å². The molecule has 0 atom stereocenters. The lowest BCUT2D eigenvalue weighted by Crippen LogP contribution is -1.73. The summed E-state index contributed by atoms with van der Waals surface area (Å²) in [6, 6.07) is 11.8. The van der Waals surface area contributed by atoms with Gasteiger partial charge in [-0.25, -0.2) is 0 Å². The highest BCUT2D eigenvalue weighted by molar-refractivity contribution is 6.38. The third kappa shape index (κ3) is 1.19. The molecule has 0 amide bonds. The molecule has 0 aliphatic carbocycles. The van der Waals surface area contributed by atoms with Gasteiger partial charge in [0, 0.05) is 10.8 Å². The molecule has 0 saturated carbocycles. The van der Waals surface area contributed by atoms with Crippen LogP contribution >= 0.6 is 23.2 Å². The molecule has 4 heteroatoms. The van der Waals surface area contributed by atoms with Crippen LogP contribution in [0, 0.1) is 0 Å². The second kappa shape index (κ2) is 3.44. The molecule has 18 heavy (non-hydrogen) atoms. The van der Waals surface area contributed by atoms with Gasteiger partial charge in [0.05, 0.1) is 32.1 Å². The fourth-order valence-electron chi connectivity index (χ4n) is 2.50. The van der Waals surface area contributed by atoms with Gasteiger partial charge in [-0.05, 0) is 12.1 Å². The van der Waals surface area contributed by atoms with Crippen molar-refractivity contribution in [2.45, 2.75) is 0 Å². The summed E-state index contributed by atoms with van der Waals surface area (Å²) in [6.45, 7) is 0. The lowest BCUT2D eigenvalue weighted by Gasteiger charge is -1.95. The number of fused-ring (bicyclic) bond motifs is 5. The van der Waals surface area contributed by atoms with Crippen LogP contribution in [0.15, 0.2) is 36.4 Å². The molecule has 0 aliphatic rings. The smallest absolute Gasteiger partial charge is 0.0726 e. The Hall–Kier alpha value is -1.64. The van der Waals surface area contributed by atoms with Crippen molar-refractivity contribution < 1.29 is 0 Å². The number of nitrogens with one attached hydrogen (secondary N) is 2. The van der Waals surface area contributed by atoms with Gasteiger partial charge in [-0.1, -0.05) is 47.5 Å². The van der Waals surface area contributed by atoms with Crippen molar-refractivity contribution in [3.63, 3.8) is 0 Å². The molecule has 2 aromatic heterocycles. The number of aromatic amines is 2. The van der Waals surface area contributed by atoms with Gasteiger partial charge in [0.2, 0.25) is 0 Å². The Morgan fingerprint density at radius 1 is 0.611 bits per heavy atom. The van der Waals surface area contributed by atoms with E-state index in [-0.39, 0.29) is 0 Å². The Bertz CT molecular complexity index is 826. The number of aromatic nitrogens is 2. The molecule has 0 aliphatic heterocycles. The van der Waals surface area contributed by atoms with Gasteiger partial charge in [-0.15, -0.1) is 0 Å². The normalized spacial score (nSPS) is 11.9. The minimum absolute atomic E-state index is 0.729. The highest BCUT2D eigenvalue weighted by Gasteiger charge is 2.13. The van der Waals surface area contributed by atoms with Gasteiger partial charge in [-0.3, -0.25) is 0 Å². The van der Waals surface area contributed by atoms with Gasteiger partial charge in [0.1, 0.15) is 0 Å².